The van der Waals surface area contributed by atoms with Crippen LogP contribution in [0.25, 0.3) is 0 Å². The van der Waals surface area contributed by atoms with Crippen molar-refractivity contribution < 1.29 is 24.9 Å². The van der Waals surface area contributed by atoms with Gasteiger partial charge < -0.3 is 36.0 Å². The zero-order chi connectivity index (χ0) is 14.7. The number of ether oxygens (including phenoxy) is 1. The maximum absolute atomic E-state index is 11.8. The first-order valence-corrected chi connectivity index (χ1v) is 6.92. The molecule has 20 heavy (non-hydrogen) atoms. The lowest BCUT2D eigenvalue weighted by molar-refractivity contribution is -0.245. The van der Waals surface area contributed by atoms with Crippen LogP contribution in [0.1, 0.15) is 12.8 Å². The molecule has 6 atom stereocenters. The van der Waals surface area contributed by atoms with Gasteiger partial charge in [-0.3, -0.25) is 4.79 Å². The molecule has 8 nitrogen and oxygen atoms in total. The third-order valence-corrected chi connectivity index (χ3v) is 3.91. The number of amides is 1. The van der Waals surface area contributed by atoms with Crippen LogP contribution >= 0.6 is 0 Å². The van der Waals surface area contributed by atoms with Crippen LogP contribution in [-0.4, -0.2) is 78.0 Å². The molecule has 0 aliphatic carbocycles. The van der Waals surface area contributed by atoms with Crippen molar-refractivity contribution in [2.24, 2.45) is 0 Å². The SMILES string of the molecule is CN[C@H]1C(O)O[C@H](CNC(=O)[C@@H]2CCCN2)[C@@H](O)[C@@H]1O. The predicted octanol–water partition coefficient (Wildman–Crippen LogP) is -3.12. The minimum atomic E-state index is -1.23. The summed E-state index contributed by atoms with van der Waals surface area (Å²) in [5.74, 6) is -0.155. The van der Waals surface area contributed by atoms with Crippen molar-refractivity contribution in [1.29, 1.82) is 0 Å². The number of hydrogen-bond donors (Lipinski definition) is 6. The lowest BCUT2D eigenvalue weighted by atomic mass is 9.97. The molecule has 2 rings (SSSR count). The first-order chi connectivity index (χ1) is 9.54. The number of carbonyl (C=O) groups is 1. The molecule has 0 saturated carbocycles. The monoisotopic (exact) mass is 289 g/mol. The average Bonchev–Trinajstić information content (AvgIpc) is 2.95. The van der Waals surface area contributed by atoms with E-state index in [4.69, 9.17) is 4.74 Å². The van der Waals surface area contributed by atoms with Gasteiger partial charge in [0, 0.05) is 6.54 Å². The quantitative estimate of drug-likeness (QED) is 0.324. The highest BCUT2D eigenvalue weighted by atomic mass is 16.6. The van der Waals surface area contributed by atoms with Crippen molar-refractivity contribution in [3.05, 3.63) is 0 Å². The highest BCUT2D eigenvalue weighted by Gasteiger charge is 2.43. The second-order valence-electron chi connectivity index (χ2n) is 5.25. The van der Waals surface area contributed by atoms with E-state index in [1.807, 2.05) is 0 Å². The van der Waals surface area contributed by atoms with Gasteiger partial charge in [-0.2, -0.15) is 0 Å². The van der Waals surface area contributed by atoms with E-state index in [0.717, 1.165) is 19.4 Å². The molecule has 2 saturated heterocycles. The van der Waals surface area contributed by atoms with Gasteiger partial charge in [0.1, 0.15) is 18.3 Å². The number of likely N-dealkylation sites (N-methyl/N-ethyl adjacent to an activating group) is 1. The van der Waals surface area contributed by atoms with E-state index in [1.54, 1.807) is 7.05 Å². The first kappa shape index (κ1) is 15.6. The molecule has 0 radical (unpaired) electrons. The molecule has 2 fully saturated rings. The number of nitrogens with one attached hydrogen (secondary N) is 3. The van der Waals surface area contributed by atoms with Gasteiger partial charge in [-0.25, -0.2) is 0 Å². The molecule has 0 bridgehead atoms. The van der Waals surface area contributed by atoms with E-state index in [1.165, 1.54) is 0 Å². The Kier molecular flexibility index (Phi) is 5.30. The van der Waals surface area contributed by atoms with Crippen molar-refractivity contribution in [2.45, 2.75) is 49.5 Å². The van der Waals surface area contributed by atoms with Crippen molar-refractivity contribution in [2.75, 3.05) is 20.1 Å². The van der Waals surface area contributed by atoms with Crippen LogP contribution in [0.5, 0.6) is 0 Å². The number of aliphatic hydroxyl groups excluding tert-OH is 3. The van der Waals surface area contributed by atoms with Gasteiger partial charge >= 0.3 is 0 Å². The Labute approximate surface area is 117 Å². The zero-order valence-corrected chi connectivity index (χ0v) is 11.5. The molecule has 0 aromatic carbocycles. The van der Waals surface area contributed by atoms with Gasteiger partial charge in [-0.05, 0) is 26.4 Å². The summed E-state index contributed by atoms with van der Waals surface area (Å²) in [5.41, 5.74) is 0. The Balaban J connectivity index is 1.84. The molecule has 6 N–H and O–H groups in total. The lowest BCUT2D eigenvalue weighted by Gasteiger charge is -2.40. The maximum atomic E-state index is 11.8. The van der Waals surface area contributed by atoms with Crippen LogP contribution in [0, 0.1) is 0 Å². The molecule has 0 aromatic rings. The molecular weight excluding hydrogens is 266 g/mol. The average molecular weight is 289 g/mol. The van der Waals surface area contributed by atoms with Crippen LogP contribution in [0.3, 0.4) is 0 Å². The largest absolute Gasteiger partial charge is 0.388 e. The van der Waals surface area contributed by atoms with Gasteiger partial charge in [0.05, 0.1) is 12.1 Å². The Morgan fingerprint density at radius 2 is 2.10 bits per heavy atom. The highest BCUT2D eigenvalue weighted by molar-refractivity contribution is 5.82. The summed E-state index contributed by atoms with van der Waals surface area (Å²) in [6, 6.07) is -0.968. The summed E-state index contributed by atoms with van der Waals surface area (Å²) in [6.45, 7) is 0.866. The van der Waals surface area contributed by atoms with Crippen molar-refractivity contribution >= 4 is 5.91 Å². The second kappa shape index (κ2) is 6.79. The number of rotatable bonds is 4. The van der Waals surface area contributed by atoms with E-state index in [0.29, 0.717) is 0 Å². The Hall–Kier alpha value is -0.770. The molecule has 8 heteroatoms. The summed E-state index contributed by atoms with van der Waals surface area (Å²) >= 11 is 0. The number of aliphatic hydroxyl groups is 3. The highest BCUT2D eigenvalue weighted by Crippen LogP contribution is 2.19. The first-order valence-electron chi connectivity index (χ1n) is 6.92. The van der Waals surface area contributed by atoms with E-state index < -0.39 is 30.6 Å². The topological polar surface area (TPSA) is 123 Å². The minimum Gasteiger partial charge on any atom is -0.388 e. The summed E-state index contributed by atoms with van der Waals surface area (Å²) < 4.78 is 5.23. The van der Waals surface area contributed by atoms with Gasteiger partial charge in [0.15, 0.2) is 6.29 Å². The Bertz CT molecular complexity index is 337. The maximum Gasteiger partial charge on any atom is 0.237 e. The summed E-state index contributed by atoms with van der Waals surface area (Å²) in [4.78, 5) is 11.8. The minimum absolute atomic E-state index is 0.0444. The summed E-state index contributed by atoms with van der Waals surface area (Å²) in [6.07, 6.45) is -2.66. The Morgan fingerprint density at radius 3 is 2.70 bits per heavy atom. The fourth-order valence-electron chi connectivity index (χ4n) is 2.66. The van der Waals surface area contributed by atoms with Gasteiger partial charge in [0.2, 0.25) is 5.91 Å². The van der Waals surface area contributed by atoms with Crippen LogP contribution in [-0.2, 0) is 9.53 Å². The van der Waals surface area contributed by atoms with Crippen LogP contribution < -0.4 is 16.0 Å². The third-order valence-electron chi connectivity index (χ3n) is 3.91. The van der Waals surface area contributed by atoms with Crippen molar-refractivity contribution in [3.63, 3.8) is 0 Å². The number of carbonyl (C=O) groups excluding carboxylic acids is 1. The predicted molar refractivity (Wildman–Crippen MR) is 69.8 cm³/mol. The lowest BCUT2D eigenvalue weighted by Crippen LogP contribution is -2.64. The third kappa shape index (κ3) is 3.27. The van der Waals surface area contributed by atoms with Crippen LogP contribution in [0.2, 0.25) is 0 Å². The molecule has 1 amide bonds. The molecule has 2 heterocycles. The van der Waals surface area contributed by atoms with Crippen molar-refractivity contribution in [1.82, 2.24) is 16.0 Å². The van der Waals surface area contributed by atoms with E-state index >= 15 is 0 Å². The smallest absolute Gasteiger partial charge is 0.237 e. The Morgan fingerprint density at radius 1 is 1.35 bits per heavy atom. The van der Waals surface area contributed by atoms with E-state index in [-0.39, 0.29) is 18.5 Å². The van der Waals surface area contributed by atoms with Crippen LogP contribution in [0.15, 0.2) is 0 Å². The fraction of sp³-hybridized carbons (Fsp3) is 0.917. The van der Waals surface area contributed by atoms with Gasteiger partial charge in [-0.15, -0.1) is 0 Å². The number of hydrogen-bond acceptors (Lipinski definition) is 7. The van der Waals surface area contributed by atoms with E-state index in [2.05, 4.69) is 16.0 Å². The summed E-state index contributed by atoms with van der Waals surface area (Å²) in [5, 5.41) is 38.0. The normalized spacial score (nSPS) is 41.6. The molecule has 1 unspecified atom stereocenters. The molecule has 116 valence electrons. The van der Waals surface area contributed by atoms with Crippen LogP contribution in [0.4, 0.5) is 0 Å². The van der Waals surface area contributed by atoms with Gasteiger partial charge in [0.25, 0.3) is 0 Å². The van der Waals surface area contributed by atoms with Gasteiger partial charge in [-0.1, -0.05) is 0 Å². The zero-order valence-electron chi connectivity index (χ0n) is 11.5. The van der Waals surface area contributed by atoms with E-state index in [9.17, 15) is 20.1 Å². The molecule has 0 spiro atoms. The fourth-order valence-corrected chi connectivity index (χ4v) is 2.66. The second-order valence-corrected chi connectivity index (χ2v) is 5.25. The standard InChI is InChI=1S/C12H23N3O5/c1-13-8-10(17)9(16)7(20-12(8)19)5-15-11(18)6-3-2-4-14-6/h6-10,12-14,16-17,19H,2-5H2,1H3,(H,15,18)/t6-,7+,8+,9+,10+,12?/m0/s1. The molecule has 2 aliphatic rings. The molecule has 0 aromatic heterocycles. The molecular formula is C12H23N3O5. The summed E-state index contributed by atoms with van der Waals surface area (Å²) in [7, 11) is 1.56. The molecule has 2 aliphatic heterocycles. The van der Waals surface area contributed by atoms with Crippen molar-refractivity contribution in [3.8, 4) is 0 Å².